The summed E-state index contributed by atoms with van der Waals surface area (Å²) in [6.45, 7) is 7.06. The molecule has 1 unspecified atom stereocenters. The maximum Gasteiger partial charge on any atom is -0.0443 e. The second-order valence-corrected chi connectivity index (χ2v) is 6.93. The van der Waals surface area contributed by atoms with Crippen LogP contribution in [0.1, 0.15) is 138 Å². The third-order valence-electron chi connectivity index (χ3n) is 4.60. The fourth-order valence-electron chi connectivity index (χ4n) is 3.04. The molecule has 0 bridgehead atoms. The van der Waals surface area contributed by atoms with E-state index in [1.54, 1.807) is 0 Å². The van der Waals surface area contributed by atoms with Gasteiger partial charge in [-0.3, -0.25) is 0 Å². The Bertz CT molecular complexity index is 161. The van der Waals surface area contributed by atoms with Gasteiger partial charge in [0.05, 0.1) is 0 Å². The van der Waals surface area contributed by atoms with Crippen LogP contribution in [0.2, 0.25) is 0 Å². The largest absolute Gasteiger partial charge is 0.0776 e. The molecule has 0 heterocycles. The van der Waals surface area contributed by atoms with Crippen LogP contribution in [0.25, 0.3) is 0 Å². The second-order valence-electron chi connectivity index (χ2n) is 6.93. The van der Waals surface area contributed by atoms with Crippen molar-refractivity contribution in [2.75, 3.05) is 0 Å². The van der Waals surface area contributed by atoms with Gasteiger partial charge >= 0.3 is 0 Å². The molecule has 0 rings (SSSR count). The van der Waals surface area contributed by atoms with E-state index in [1.165, 1.54) is 103 Å². The standard InChI is InChI=1S/C20H42.2CH4/c1-4-6-8-10-12-13-15-17-19-20(3)18-16-14-11-9-7-5-2;;/h20H,4-19H2,1-3H3;2*1H4. The maximum atomic E-state index is 2.47. The second kappa shape index (κ2) is 23.3. The van der Waals surface area contributed by atoms with Gasteiger partial charge in [0.25, 0.3) is 0 Å². The Labute approximate surface area is 144 Å². The number of hydrogen-bond donors (Lipinski definition) is 0. The van der Waals surface area contributed by atoms with Gasteiger partial charge in [0.15, 0.2) is 0 Å². The Kier molecular flexibility index (Phi) is 28.4. The van der Waals surface area contributed by atoms with Crippen molar-refractivity contribution >= 4 is 0 Å². The molecule has 0 nitrogen and oxygen atoms in total. The van der Waals surface area contributed by atoms with E-state index in [9.17, 15) is 0 Å². The highest BCUT2D eigenvalue weighted by Crippen LogP contribution is 2.18. The van der Waals surface area contributed by atoms with E-state index in [4.69, 9.17) is 0 Å². The van der Waals surface area contributed by atoms with Gasteiger partial charge in [-0.1, -0.05) is 138 Å². The van der Waals surface area contributed by atoms with Crippen LogP contribution in [-0.2, 0) is 0 Å². The van der Waals surface area contributed by atoms with Gasteiger partial charge in [-0.2, -0.15) is 0 Å². The monoisotopic (exact) mass is 314 g/mol. The summed E-state index contributed by atoms with van der Waals surface area (Å²) in [5, 5.41) is 0. The van der Waals surface area contributed by atoms with Crippen LogP contribution in [0.3, 0.4) is 0 Å². The van der Waals surface area contributed by atoms with Crippen LogP contribution in [0.15, 0.2) is 0 Å². The van der Waals surface area contributed by atoms with E-state index < -0.39 is 0 Å². The van der Waals surface area contributed by atoms with Crippen molar-refractivity contribution in [2.24, 2.45) is 5.92 Å². The summed E-state index contributed by atoms with van der Waals surface area (Å²) in [4.78, 5) is 0. The van der Waals surface area contributed by atoms with Crippen molar-refractivity contribution in [3.05, 3.63) is 0 Å². The lowest BCUT2D eigenvalue weighted by atomic mass is 9.96. The van der Waals surface area contributed by atoms with Gasteiger partial charge < -0.3 is 0 Å². The van der Waals surface area contributed by atoms with Crippen LogP contribution in [0.4, 0.5) is 0 Å². The quantitative estimate of drug-likeness (QED) is 0.249. The average molecular weight is 315 g/mol. The normalized spacial score (nSPS) is 11.6. The molecule has 0 aromatic rings. The fourth-order valence-corrected chi connectivity index (χ4v) is 3.04. The third kappa shape index (κ3) is 22.3. The van der Waals surface area contributed by atoms with Crippen LogP contribution in [-0.4, -0.2) is 0 Å². The molecule has 0 aliphatic rings. The highest BCUT2D eigenvalue weighted by molar-refractivity contribution is 4.55. The summed E-state index contributed by atoms with van der Waals surface area (Å²) in [6, 6.07) is 0. The average Bonchev–Trinajstić information content (AvgIpc) is 2.45. The lowest BCUT2D eigenvalue weighted by molar-refractivity contribution is 0.431. The first-order chi connectivity index (χ1) is 9.81. The molecule has 0 aliphatic heterocycles. The molecular weight excluding hydrogens is 264 g/mol. The molecule has 0 aromatic heterocycles. The van der Waals surface area contributed by atoms with Gasteiger partial charge in [-0.05, 0) is 5.92 Å². The Morgan fingerprint density at radius 1 is 0.455 bits per heavy atom. The van der Waals surface area contributed by atoms with Crippen LogP contribution < -0.4 is 0 Å². The van der Waals surface area contributed by atoms with Gasteiger partial charge in [-0.25, -0.2) is 0 Å². The minimum atomic E-state index is 0. The lowest BCUT2D eigenvalue weighted by Crippen LogP contribution is -1.95. The van der Waals surface area contributed by atoms with Crippen LogP contribution in [0.5, 0.6) is 0 Å². The van der Waals surface area contributed by atoms with E-state index in [0.717, 1.165) is 5.92 Å². The van der Waals surface area contributed by atoms with E-state index in [-0.39, 0.29) is 14.9 Å². The SMILES string of the molecule is C.C.CCCCCCCCCCC(C)CCCCCCCC. The van der Waals surface area contributed by atoms with E-state index >= 15 is 0 Å². The third-order valence-corrected chi connectivity index (χ3v) is 4.60. The predicted octanol–water partition coefficient (Wildman–Crippen LogP) is 9.18. The zero-order valence-corrected chi connectivity index (χ0v) is 14.9. The number of rotatable bonds is 16. The molecule has 0 heteroatoms. The van der Waals surface area contributed by atoms with Crippen molar-refractivity contribution in [1.29, 1.82) is 0 Å². The zero-order chi connectivity index (χ0) is 14.9. The molecule has 0 aromatic carbocycles. The highest BCUT2D eigenvalue weighted by atomic mass is 14.1. The number of unbranched alkanes of at least 4 members (excludes halogenated alkanes) is 12. The first-order valence-electron chi connectivity index (χ1n) is 9.81. The Morgan fingerprint density at radius 3 is 1.05 bits per heavy atom. The number of hydrogen-bond acceptors (Lipinski definition) is 0. The van der Waals surface area contributed by atoms with Crippen molar-refractivity contribution in [3.63, 3.8) is 0 Å². The molecule has 0 amide bonds. The Hall–Kier alpha value is 0. The van der Waals surface area contributed by atoms with Gasteiger partial charge in [0.1, 0.15) is 0 Å². The highest BCUT2D eigenvalue weighted by Gasteiger charge is 2.02. The maximum absolute atomic E-state index is 2.47. The minimum Gasteiger partial charge on any atom is -0.0776 e. The summed E-state index contributed by atoms with van der Waals surface area (Å²) in [7, 11) is 0. The summed E-state index contributed by atoms with van der Waals surface area (Å²) in [6.07, 6.45) is 23.3. The summed E-state index contributed by atoms with van der Waals surface area (Å²) < 4.78 is 0. The minimum absolute atomic E-state index is 0. The zero-order valence-electron chi connectivity index (χ0n) is 14.9. The van der Waals surface area contributed by atoms with Crippen LogP contribution >= 0.6 is 0 Å². The van der Waals surface area contributed by atoms with Crippen molar-refractivity contribution in [1.82, 2.24) is 0 Å². The van der Waals surface area contributed by atoms with Gasteiger partial charge in [-0.15, -0.1) is 0 Å². The molecule has 138 valence electrons. The van der Waals surface area contributed by atoms with Gasteiger partial charge in [0, 0.05) is 0 Å². The van der Waals surface area contributed by atoms with Gasteiger partial charge in [0.2, 0.25) is 0 Å². The molecule has 0 aliphatic carbocycles. The van der Waals surface area contributed by atoms with E-state index in [1.807, 2.05) is 0 Å². The Balaban J connectivity index is -0.00000180. The molecule has 22 heavy (non-hydrogen) atoms. The molecular formula is C22H50. The Morgan fingerprint density at radius 2 is 0.727 bits per heavy atom. The summed E-state index contributed by atoms with van der Waals surface area (Å²) in [5.74, 6) is 0.973. The molecule has 0 N–H and O–H groups in total. The smallest absolute Gasteiger partial charge is 0.0443 e. The van der Waals surface area contributed by atoms with Crippen LogP contribution in [0, 0.1) is 5.92 Å². The molecule has 0 spiro atoms. The van der Waals surface area contributed by atoms with E-state index in [2.05, 4.69) is 20.8 Å². The molecule has 1 atom stereocenters. The topological polar surface area (TPSA) is 0 Å². The summed E-state index contributed by atoms with van der Waals surface area (Å²) >= 11 is 0. The van der Waals surface area contributed by atoms with Crippen molar-refractivity contribution in [2.45, 2.75) is 138 Å². The summed E-state index contributed by atoms with van der Waals surface area (Å²) in [5.41, 5.74) is 0. The van der Waals surface area contributed by atoms with E-state index in [0.29, 0.717) is 0 Å². The lowest BCUT2D eigenvalue weighted by Gasteiger charge is -2.11. The first-order valence-corrected chi connectivity index (χ1v) is 9.81. The first kappa shape index (κ1) is 26.9. The molecule has 0 radical (unpaired) electrons. The fraction of sp³-hybridized carbons (Fsp3) is 1.00. The van der Waals surface area contributed by atoms with Crippen molar-refractivity contribution in [3.8, 4) is 0 Å². The molecule has 0 saturated carbocycles. The molecule has 0 saturated heterocycles. The van der Waals surface area contributed by atoms with Crippen molar-refractivity contribution < 1.29 is 0 Å². The predicted molar refractivity (Wildman–Crippen MR) is 108 cm³/mol. The molecule has 0 fully saturated rings.